The SMILES string of the molecule is Fc1cc(C(F)F)nc(Br)c1F. The van der Waals surface area contributed by atoms with Crippen molar-refractivity contribution < 1.29 is 17.6 Å². The molecule has 1 heterocycles. The van der Waals surface area contributed by atoms with E-state index in [9.17, 15) is 17.6 Å². The molecule has 1 nitrogen and oxygen atoms in total. The summed E-state index contributed by atoms with van der Waals surface area (Å²) in [6.07, 6.45) is -2.91. The Morgan fingerprint density at radius 1 is 1.33 bits per heavy atom. The van der Waals surface area contributed by atoms with Crippen LogP contribution in [-0.4, -0.2) is 4.98 Å². The lowest BCUT2D eigenvalue weighted by atomic mass is 10.3. The van der Waals surface area contributed by atoms with Crippen LogP contribution in [0.25, 0.3) is 0 Å². The van der Waals surface area contributed by atoms with Crippen molar-refractivity contribution in [3.05, 3.63) is 28.0 Å². The van der Waals surface area contributed by atoms with Gasteiger partial charge in [0, 0.05) is 6.07 Å². The predicted molar refractivity (Wildman–Crippen MR) is 36.8 cm³/mol. The van der Waals surface area contributed by atoms with E-state index in [4.69, 9.17) is 0 Å². The van der Waals surface area contributed by atoms with Crippen LogP contribution in [0.5, 0.6) is 0 Å². The molecule has 12 heavy (non-hydrogen) atoms. The van der Waals surface area contributed by atoms with E-state index in [1.54, 1.807) is 0 Å². The lowest BCUT2D eigenvalue weighted by Gasteiger charge is -2.00. The first-order valence-electron chi connectivity index (χ1n) is 2.82. The number of halogens is 5. The standard InChI is InChI=1S/C6H2BrF4N/c7-5-4(9)2(8)1-3(12-5)6(10)11/h1,6H. The first kappa shape index (κ1) is 9.44. The van der Waals surface area contributed by atoms with Gasteiger partial charge in [-0.3, -0.25) is 0 Å². The predicted octanol–water partition coefficient (Wildman–Crippen LogP) is 3.06. The van der Waals surface area contributed by atoms with Gasteiger partial charge < -0.3 is 0 Å². The molecule has 0 unspecified atom stereocenters. The van der Waals surface area contributed by atoms with Crippen molar-refractivity contribution in [3.63, 3.8) is 0 Å². The van der Waals surface area contributed by atoms with Crippen LogP contribution < -0.4 is 0 Å². The molecule has 0 fully saturated rings. The van der Waals surface area contributed by atoms with Crippen LogP contribution >= 0.6 is 15.9 Å². The second kappa shape index (κ2) is 3.38. The molecule has 0 saturated carbocycles. The average molecular weight is 244 g/mol. The molecule has 0 atom stereocenters. The molecule has 66 valence electrons. The first-order chi connectivity index (χ1) is 5.52. The molecule has 0 amide bonds. The largest absolute Gasteiger partial charge is 0.280 e. The summed E-state index contributed by atoms with van der Waals surface area (Å²) in [5, 5.41) is 0. The van der Waals surface area contributed by atoms with Gasteiger partial charge in [0.05, 0.1) is 0 Å². The number of rotatable bonds is 1. The summed E-state index contributed by atoms with van der Waals surface area (Å²) in [5.41, 5.74) is -0.791. The summed E-state index contributed by atoms with van der Waals surface area (Å²) in [5.74, 6) is -2.61. The van der Waals surface area contributed by atoms with Crippen LogP contribution in [0, 0.1) is 11.6 Å². The maximum atomic E-state index is 12.4. The normalized spacial score (nSPS) is 10.8. The van der Waals surface area contributed by atoms with E-state index >= 15 is 0 Å². The zero-order valence-electron chi connectivity index (χ0n) is 5.49. The van der Waals surface area contributed by atoms with Crippen molar-refractivity contribution in [3.8, 4) is 0 Å². The summed E-state index contributed by atoms with van der Waals surface area (Å²) in [6, 6.07) is 0.366. The number of pyridine rings is 1. The molecule has 0 spiro atoms. The Labute approximate surface area is 73.5 Å². The fourth-order valence-electron chi connectivity index (χ4n) is 0.598. The van der Waals surface area contributed by atoms with Gasteiger partial charge in [-0.2, -0.15) is 0 Å². The smallest absolute Gasteiger partial charge is 0.237 e. The van der Waals surface area contributed by atoms with E-state index in [2.05, 4.69) is 20.9 Å². The van der Waals surface area contributed by atoms with E-state index in [0.29, 0.717) is 6.07 Å². The van der Waals surface area contributed by atoms with E-state index < -0.39 is 28.4 Å². The highest BCUT2D eigenvalue weighted by molar-refractivity contribution is 9.10. The molecular formula is C6H2BrF4N. The van der Waals surface area contributed by atoms with Crippen LogP contribution in [-0.2, 0) is 0 Å². The second-order valence-corrected chi connectivity index (χ2v) is 2.69. The second-order valence-electron chi connectivity index (χ2n) is 1.93. The third kappa shape index (κ3) is 1.74. The van der Waals surface area contributed by atoms with Crippen molar-refractivity contribution in [2.75, 3.05) is 0 Å². The molecule has 6 heteroatoms. The summed E-state index contributed by atoms with van der Waals surface area (Å²) in [7, 11) is 0. The van der Waals surface area contributed by atoms with Gasteiger partial charge in [-0.05, 0) is 15.9 Å². The maximum absolute atomic E-state index is 12.4. The van der Waals surface area contributed by atoms with Gasteiger partial charge in [-0.25, -0.2) is 22.5 Å². The number of hydrogen-bond donors (Lipinski definition) is 0. The minimum Gasteiger partial charge on any atom is -0.237 e. The molecule has 0 aliphatic carbocycles. The van der Waals surface area contributed by atoms with Gasteiger partial charge in [0.1, 0.15) is 10.3 Å². The van der Waals surface area contributed by atoms with E-state index in [-0.39, 0.29) is 0 Å². The molecule has 0 bridgehead atoms. The molecule has 1 aromatic rings. The Bertz CT molecular complexity index is 279. The Morgan fingerprint density at radius 3 is 2.33 bits per heavy atom. The first-order valence-corrected chi connectivity index (χ1v) is 3.61. The molecule has 0 aromatic carbocycles. The Balaban J connectivity index is 3.21. The number of aromatic nitrogens is 1. The molecule has 0 aliphatic heterocycles. The maximum Gasteiger partial charge on any atom is 0.280 e. The highest BCUT2D eigenvalue weighted by Gasteiger charge is 2.15. The van der Waals surface area contributed by atoms with Gasteiger partial charge in [-0.15, -0.1) is 0 Å². The molecule has 0 radical (unpaired) electrons. The molecule has 1 rings (SSSR count). The number of nitrogens with zero attached hydrogens (tertiary/aromatic N) is 1. The Kier molecular flexibility index (Phi) is 2.66. The van der Waals surface area contributed by atoms with Crippen LogP contribution in [0.1, 0.15) is 12.1 Å². The Hall–Kier alpha value is -0.650. The number of hydrogen-bond acceptors (Lipinski definition) is 1. The van der Waals surface area contributed by atoms with Crippen molar-refractivity contribution in [2.45, 2.75) is 6.43 Å². The molecule has 0 N–H and O–H groups in total. The molecule has 0 saturated heterocycles. The zero-order valence-corrected chi connectivity index (χ0v) is 7.08. The summed E-state index contributed by atoms with van der Waals surface area (Å²) in [6.45, 7) is 0. The molecular weight excluding hydrogens is 242 g/mol. The lowest BCUT2D eigenvalue weighted by Crippen LogP contribution is -1.96. The third-order valence-corrected chi connectivity index (χ3v) is 1.64. The Morgan fingerprint density at radius 2 is 1.92 bits per heavy atom. The lowest BCUT2D eigenvalue weighted by molar-refractivity contribution is 0.145. The van der Waals surface area contributed by atoms with Gasteiger partial charge in [0.25, 0.3) is 6.43 Å². The summed E-state index contributed by atoms with van der Waals surface area (Å²) >= 11 is 2.51. The fourth-order valence-corrected chi connectivity index (χ4v) is 0.992. The van der Waals surface area contributed by atoms with Crippen molar-refractivity contribution in [1.82, 2.24) is 4.98 Å². The van der Waals surface area contributed by atoms with Gasteiger partial charge in [-0.1, -0.05) is 0 Å². The minimum atomic E-state index is -2.91. The third-order valence-electron chi connectivity index (χ3n) is 1.12. The zero-order chi connectivity index (χ0) is 9.30. The van der Waals surface area contributed by atoms with Crippen LogP contribution in [0.2, 0.25) is 0 Å². The van der Waals surface area contributed by atoms with Crippen LogP contribution in [0.15, 0.2) is 10.7 Å². The van der Waals surface area contributed by atoms with Crippen molar-refractivity contribution in [1.29, 1.82) is 0 Å². The van der Waals surface area contributed by atoms with E-state index in [0.717, 1.165) is 0 Å². The van der Waals surface area contributed by atoms with Crippen LogP contribution in [0.4, 0.5) is 17.6 Å². The minimum absolute atomic E-state index is 0.366. The number of alkyl halides is 2. The topological polar surface area (TPSA) is 12.9 Å². The van der Waals surface area contributed by atoms with E-state index in [1.807, 2.05) is 0 Å². The highest BCUT2D eigenvalue weighted by atomic mass is 79.9. The van der Waals surface area contributed by atoms with Crippen molar-refractivity contribution in [2.24, 2.45) is 0 Å². The highest BCUT2D eigenvalue weighted by Crippen LogP contribution is 2.22. The van der Waals surface area contributed by atoms with Gasteiger partial charge in [0.2, 0.25) is 0 Å². The summed E-state index contributed by atoms with van der Waals surface area (Å²) < 4.78 is 48.1. The van der Waals surface area contributed by atoms with Gasteiger partial charge in [0.15, 0.2) is 11.6 Å². The molecule has 0 aliphatic rings. The summed E-state index contributed by atoms with van der Waals surface area (Å²) in [4.78, 5) is 3.08. The average Bonchev–Trinajstić information content (AvgIpc) is 1.99. The van der Waals surface area contributed by atoms with Crippen LogP contribution in [0.3, 0.4) is 0 Å². The fraction of sp³-hybridized carbons (Fsp3) is 0.167. The monoisotopic (exact) mass is 243 g/mol. The van der Waals surface area contributed by atoms with Gasteiger partial charge >= 0.3 is 0 Å². The van der Waals surface area contributed by atoms with E-state index in [1.165, 1.54) is 0 Å². The molecule has 1 aromatic heterocycles. The van der Waals surface area contributed by atoms with Crippen molar-refractivity contribution >= 4 is 15.9 Å². The quantitative estimate of drug-likeness (QED) is 0.546.